The van der Waals surface area contributed by atoms with Crippen LogP contribution in [0.2, 0.25) is 5.02 Å². The Morgan fingerprint density at radius 1 is 1.12 bits per heavy atom. The molecule has 1 saturated heterocycles. The number of piperazine rings is 1. The van der Waals surface area contributed by atoms with Crippen LogP contribution in [0.5, 0.6) is 0 Å². The number of amides is 2. The molecule has 0 atom stereocenters. The van der Waals surface area contributed by atoms with Crippen molar-refractivity contribution in [3.8, 4) is 0 Å². The molecule has 0 saturated carbocycles. The third-order valence-electron chi connectivity index (χ3n) is 4.51. The fourth-order valence-corrected chi connectivity index (χ4v) is 3.05. The van der Waals surface area contributed by atoms with E-state index in [2.05, 4.69) is 4.90 Å². The summed E-state index contributed by atoms with van der Waals surface area (Å²) in [6, 6.07) is 10.6. The van der Waals surface area contributed by atoms with Gasteiger partial charge in [-0.1, -0.05) is 11.6 Å². The van der Waals surface area contributed by atoms with E-state index in [9.17, 15) is 9.59 Å². The highest BCUT2D eigenvalue weighted by Crippen LogP contribution is 2.13. The maximum Gasteiger partial charge on any atom is 0.253 e. The number of nitrogens with zero attached hydrogens (tertiary/aromatic N) is 3. The molecule has 3 rings (SSSR count). The van der Waals surface area contributed by atoms with E-state index >= 15 is 0 Å². The minimum absolute atomic E-state index is 0.00239. The van der Waals surface area contributed by atoms with Crippen molar-refractivity contribution in [2.24, 2.45) is 0 Å². The molecule has 1 aliphatic heterocycles. The maximum absolute atomic E-state index is 12.5. The molecule has 1 fully saturated rings. The van der Waals surface area contributed by atoms with Crippen LogP contribution >= 0.6 is 11.6 Å². The highest BCUT2D eigenvalue weighted by Gasteiger charge is 2.24. The average Bonchev–Trinajstić information content (AvgIpc) is 3.15. The first kappa shape index (κ1) is 18.5. The third kappa shape index (κ3) is 4.65. The van der Waals surface area contributed by atoms with E-state index in [0.717, 1.165) is 5.76 Å². The second kappa shape index (κ2) is 8.38. The van der Waals surface area contributed by atoms with E-state index < -0.39 is 0 Å². The van der Waals surface area contributed by atoms with Crippen LogP contribution in [0, 0.1) is 0 Å². The van der Waals surface area contributed by atoms with Crippen molar-refractivity contribution in [2.45, 2.75) is 6.54 Å². The van der Waals surface area contributed by atoms with Gasteiger partial charge in [0, 0.05) is 43.8 Å². The number of benzene rings is 1. The molecule has 26 heavy (non-hydrogen) atoms. The summed E-state index contributed by atoms with van der Waals surface area (Å²) in [5, 5.41) is 0.614. The lowest BCUT2D eigenvalue weighted by atomic mass is 10.2. The summed E-state index contributed by atoms with van der Waals surface area (Å²) in [6.45, 7) is 3.38. The number of furan rings is 1. The average molecular weight is 376 g/mol. The first-order valence-corrected chi connectivity index (χ1v) is 8.94. The Balaban J connectivity index is 1.46. The zero-order valence-corrected chi connectivity index (χ0v) is 15.5. The van der Waals surface area contributed by atoms with Crippen molar-refractivity contribution >= 4 is 23.4 Å². The van der Waals surface area contributed by atoms with Crippen LogP contribution in [0.15, 0.2) is 47.1 Å². The monoisotopic (exact) mass is 375 g/mol. The lowest BCUT2D eigenvalue weighted by molar-refractivity contribution is -0.132. The zero-order chi connectivity index (χ0) is 18.5. The van der Waals surface area contributed by atoms with Crippen molar-refractivity contribution in [1.82, 2.24) is 14.7 Å². The number of halogens is 1. The molecule has 0 unspecified atom stereocenters. The van der Waals surface area contributed by atoms with Gasteiger partial charge in [0.1, 0.15) is 5.76 Å². The predicted molar refractivity (Wildman–Crippen MR) is 99.0 cm³/mol. The van der Waals surface area contributed by atoms with E-state index in [1.54, 1.807) is 42.5 Å². The maximum atomic E-state index is 12.5. The molecule has 0 radical (unpaired) electrons. The van der Waals surface area contributed by atoms with E-state index in [-0.39, 0.29) is 11.8 Å². The minimum atomic E-state index is 0.00239. The first-order chi connectivity index (χ1) is 12.5. The number of hydrogen-bond donors (Lipinski definition) is 0. The van der Waals surface area contributed by atoms with Crippen LogP contribution in [0.4, 0.5) is 0 Å². The number of hydrogen-bond acceptors (Lipinski definition) is 4. The molecule has 1 aromatic heterocycles. The van der Waals surface area contributed by atoms with Crippen molar-refractivity contribution in [1.29, 1.82) is 0 Å². The summed E-state index contributed by atoms with van der Waals surface area (Å²) >= 11 is 5.87. The second-order valence-electron chi connectivity index (χ2n) is 6.40. The Bertz CT molecular complexity index is 738. The largest absolute Gasteiger partial charge is 0.467 e. The van der Waals surface area contributed by atoms with Crippen molar-refractivity contribution in [2.75, 3.05) is 39.8 Å². The Kier molecular flexibility index (Phi) is 5.96. The van der Waals surface area contributed by atoms with E-state index in [1.165, 1.54) is 0 Å². The SMILES string of the molecule is CN(Cc1ccco1)C(=O)CN1CCN(C(=O)c2ccc(Cl)cc2)CC1. The molecule has 6 nitrogen and oxygen atoms in total. The number of carbonyl (C=O) groups is 2. The van der Waals surface area contributed by atoms with Gasteiger partial charge in [-0.25, -0.2) is 0 Å². The van der Waals surface area contributed by atoms with Gasteiger partial charge in [0.15, 0.2) is 0 Å². The molecule has 2 amide bonds. The molecule has 7 heteroatoms. The van der Waals surface area contributed by atoms with Gasteiger partial charge in [-0.15, -0.1) is 0 Å². The fourth-order valence-electron chi connectivity index (χ4n) is 2.92. The molecule has 1 aromatic carbocycles. The van der Waals surface area contributed by atoms with Gasteiger partial charge in [0.2, 0.25) is 5.91 Å². The van der Waals surface area contributed by atoms with Crippen molar-refractivity contribution in [3.05, 3.63) is 59.0 Å². The Morgan fingerprint density at radius 2 is 1.81 bits per heavy atom. The second-order valence-corrected chi connectivity index (χ2v) is 6.84. The molecule has 2 heterocycles. The Morgan fingerprint density at radius 3 is 2.42 bits per heavy atom. The lowest BCUT2D eigenvalue weighted by Crippen LogP contribution is -2.51. The number of likely N-dealkylation sites (N-methyl/N-ethyl adjacent to an activating group) is 1. The van der Waals surface area contributed by atoms with Gasteiger partial charge in [-0.05, 0) is 36.4 Å². The highest BCUT2D eigenvalue weighted by atomic mass is 35.5. The van der Waals surface area contributed by atoms with E-state index in [4.69, 9.17) is 16.0 Å². The molecular formula is C19H22ClN3O3. The summed E-state index contributed by atoms with van der Waals surface area (Å²) in [7, 11) is 1.77. The first-order valence-electron chi connectivity index (χ1n) is 8.56. The minimum Gasteiger partial charge on any atom is -0.467 e. The van der Waals surface area contributed by atoms with E-state index in [0.29, 0.717) is 49.9 Å². The molecular weight excluding hydrogens is 354 g/mol. The predicted octanol–water partition coefficient (Wildman–Crippen LogP) is 2.35. The molecule has 1 aliphatic rings. The smallest absolute Gasteiger partial charge is 0.253 e. The van der Waals surface area contributed by atoms with Crippen LogP contribution in [-0.2, 0) is 11.3 Å². The molecule has 0 N–H and O–H groups in total. The standard InChI is InChI=1S/C19H22ClN3O3/c1-21(13-17-3-2-12-26-17)18(24)14-22-8-10-23(11-9-22)19(25)15-4-6-16(20)7-5-15/h2-7,12H,8-11,13-14H2,1H3. The summed E-state index contributed by atoms with van der Waals surface area (Å²) in [4.78, 5) is 30.4. The summed E-state index contributed by atoms with van der Waals surface area (Å²) in [6.07, 6.45) is 1.60. The number of rotatable bonds is 5. The van der Waals surface area contributed by atoms with Gasteiger partial charge < -0.3 is 14.2 Å². The van der Waals surface area contributed by atoms with Crippen LogP contribution in [0.25, 0.3) is 0 Å². The lowest BCUT2D eigenvalue weighted by Gasteiger charge is -2.35. The molecule has 0 aliphatic carbocycles. The fraction of sp³-hybridized carbons (Fsp3) is 0.368. The molecule has 2 aromatic rings. The van der Waals surface area contributed by atoms with Gasteiger partial charge in [-0.2, -0.15) is 0 Å². The topological polar surface area (TPSA) is 57.0 Å². The quantitative estimate of drug-likeness (QED) is 0.805. The van der Waals surface area contributed by atoms with Crippen LogP contribution < -0.4 is 0 Å². The van der Waals surface area contributed by atoms with Gasteiger partial charge in [0.05, 0.1) is 19.4 Å². The summed E-state index contributed by atoms with van der Waals surface area (Å²) in [5.41, 5.74) is 0.636. The van der Waals surface area contributed by atoms with Crippen molar-refractivity contribution in [3.63, 3.8) is 0 Å². The summed E-state index contributed by atoms with van der Waals surface area (Å²) in [5.74, 6) is 0.806. The summed E-state index contributed by atoms with van der Waals surface area (Å²) < 4.78 is 5.27. The van der Waals surface area contributed by atoms with Crippen LogP contribution in [-0.4, -0.2) is 66.3 Å². The Hall–Kier alpha value is -2.31. The highest BCUT2D eigenvalue weighted by molar-refractivity contribution is 6.30. The third-order valence-corrected chi connectivity index (χ3v) is 4.76. The van der Waals surface area contributed by atoms with E-state index in [1.807, 2.05) is 17.0 Å². The van der Waals surface area contributed by atoms with Crippen LogP contribution in [0.1, 0.15) is 16.1 Å². The normalized spacial score (nSPS) is 15.1. The van der Waals surface area contributed by atoms with Crippen LogP contribution in [0.3, 0.4) is 0 Å². The van der Waals surface area contributed by atoms with Gasteiger partial charge >= 0.3 is 0 Å². The Labute approximate surface area is 157 Å². The van der Waals surface area contributed by atoms with Crippen molar-refractivity contribution < 1.29 is 14.0 Å². The zero-order valence-electron chi connectivity index (χ0n) is 14.7. The molecule has 138 valence electrons. The number of carbonyl (C=O) groups excluding carboxylic acids is 2. The molecule has 0 bridgehead atoms. The van der Waals surface area contributed by atoms with Gasteiger partial charge in [0.25, 0.3) is 5.91 Å². The van der Waals surface area contributed by atoms with Gasteiger partial charge in [-0.3, -0.25) is 14.5 Å². The molecule has 0 spiro atoms.